The zero-order chi connectivity index (χ0) is 24.9. The first kappa shape index (κ1) is 24.4. The van der Waals surface area contributed by atoms with Gasteiger partial charge in [0, 0.05) is 30.6 Å². The number of carbonyl (C=O) groups excluding carboxylic acids is 1. The summed E-state index contributed by atoms with van der Waals surface area (Å²) in [5.41, 5.74) is 3.22. The van der Waals surface area contributed by atoms with E-state index in [2.05, 4.69) is 21.8 Å². The van der Waals surface area contributed by atoms with Crippen molar-refractivity contribution in [2.24, 2.45) is 5.92 Å². The lowest BCUT2D eigenvalue weighted by Crippen LogP contribution is -2.48. The number of halogens is 1. The van der Waals surface area contributed by atoms with E-state index < -0.39 is 15.8 Å². The van der Waals surface area contributed by atoms with Crippen molar-refractivity contribution in [3.05, 3.63) is 52.5 Å². The SMILES string of the molecule is O=C1BBBBC2CCC2CN2CC3(CCCc4cc(Cl)ccc43)COc3ccc(cc32)S(=O)(=O)N1. The van der Waals surface area contributed by atoms with Crippen LogP contribution in [0.25, 0.3) is 0 Å². The minimum atomic E-state index is -3.95. The number of carbonyl (C=O) groups is 1. The van der Waals surface area contributed by atoms with Gasteiger partial charge in [-0.15, -0.1) is 0 Å². The molecule has 12 heteroatoms. The van der Waals surface area contributed by atoms with Gasteiger partial charge in [0.25, 0.3) is 10.0 Å². The minimum Gasteiger partial charge on any atom is -0.490 e. The maximum Gasteiger partial charge on any atom is 0.263 e. The van der Waals surface area contributed by atoms with Gasteiger partial charge in [-0.05, 0) is 73.1 Å². The molecular weight excluding hydrogens is 491 g/mol. The maximum absolute atomic E-state index is 13.1. The first-order valence-corrected chi connectivity index (χ1v) is 15.1. The zero-order valence-electron chi connectivity index (χ0n) is 20.5. The van der Waals surface area contributed by atoms with Crippen molar-refractivity contribution in [3.8, 4) is 5.75 Å². The van der Waals surface area contributed by atoms with Gasteiger partial charge in [0.15, 0.2) is 13.0 Å². The Hall–Kier alpha value is -1.99. The number of ether oxygens (including phenoxy) is 1. The van der Waals surface area contributed by atoms with Gasteiger partial charge in [0.05, 0.1) is 31.4 Å². The predicted molar refractivity (Wildman–Crippen MR) is 151 cm³/mol. The molecule has 4 aliphatic rings. The molecule has 2 bridgehead atoms. The summed E-state index contributed by atoms with van der Waals surface area (Å²) in [5.74, 6) is 1.50. The molecule has 2 aliphatic carbocycles. The van der Waals surface area contributed by atoms with Crippen LogP contribution in [-0.4, -0.2) is 62.4 Å². The van der Waals surface area contributed by atoms with E-state index in [4.69, 9.17) is 16.3 Å². The van der Waals surface area contributed by atoms with Gasteiger partial charge in [-0.3, -0.25) is 9.52 Å². The molecule has 2 heterocycles. The Balaban J connectivity index is 1.44. The van der Waals surface area contributed by atoms with Crippen LogP contribution in [0.15, 0.2) is 41.3 Å². The third kappa shape index (κ3) is 4.47. The van der Waals surface area contributed by atoms with Gasteiger partial charge in [0.2, 0.25) is 0 Å². The Morgan fingerprint density at radius 3 is 2.86 bits per heavy atom. The number of aryl methyl sites for hydroxylation is 1. The summed E-state index contributed by atoms with van der Waals surface area (Å²) < 4.78 is 34.9. The summed E-state index contributed by atoms with van der Waals surface area (Å²) in [6, 6.07) is 11.2. The summed E-state index contributed by atoms with van der Waals surface area (Å²) >= 11 is 6.35. The Morgan fingerprint density at radius 2 is 2.03 bits per heavy atom. The van der Waals surface area contributed by atoms with Crippen molar-refractivity contribution >= 4 is 61.6 Å². The van der Waals surface area contributed by atoms with Crippen LogP contribution in [0.5, 0.6) is 5.75 Å². The Kier molecular flexibility index (Phi) is 6.35. The second-order valence-corrected chi connectivity index (χ2v) is 13.2. The molecule has 3 unspecified atom stereocenters. The quantitative estimate of drug-likeness (QED) is 0.538. The fourth-order valence-corrected chi connectivity index (χ4v) is 7.98. The normalized spacial score (nSPS) is 28.6. The molecule has 2 aromatic carbocycles. The molecule has 1 fully saturated rings. The predicted octanol–water partition coefficient (Wildman–Crippen LogP) is 1.91. The van der Waals surface area contributed by atoms with Crippen LogP contribution in [0.4, 0.5) is 10.5 Å². The summed E-state index contributed by atoms with van der Waals surface area (Å²) in [4.78, 5) is 14.9. The number of sulfonamides is 1. The first-order valence-electron chi connectivity index (χ1n) is 13.2. The molecule has 6 nitrogen and oxygen atoms in total. The standard InChI is InChI=1S/C24H29B4ClN2O4S/c29-17-4-6-19-15(10-17)2-1-9-24(19)13-31-12-16-3-7-20(16)25-27-28-26-23(32)30-36(33,34)18-5-8-22(35-14-24)21(31)11-18/h4-6,8,10-11,16,20,25-28H,1-3,7,9,12-14H2,(H,30,32). The molecule has 3 atom stereocenters. The molecule has 36 heavy (non-hydrogen) atoms. The molecule has 0 saturated heterocycles. The van der Waals surface area contributed by atoms with E-state index in [0.717, 1.165) is 64.4 Å². The van der Waals surface area contributed by atoms with Crippen LogP contribution in [0, 0.1) is 5.92 Å². The molecule has 0 radical (unpaired) electrons. The van der Waals surface area contributed by atoms with Gasteiger partial charge in [-0.1, -0.05) is 29.9 Å². The van der Waals surface area contributed by atoms with Gasteiger partial charge >= 0.3 is 0 Å². The highest BCUT2D eigenvalue weighted by molar-refractivity contribution is 7.90. The van der Waals surface area contributed by atoms with E-state index in [1.165, 1.54) is 24.0 Å². The van der Waals surface area contributed by atoms with Crippen LogP contribution in [0.2, 0.25) is 10.8 Å². The first-order chi connectivity index (χ1) is 17.3. The van der Waals surface area contributed by atoms with E-state index in [9.17, 15) is 13.2 Å². The number of amides is 1. The number of nitrogens with zero attached hydrogens (tertiary/aromatic N) is 1. The van der Waals surface area contributed by atoms with Crippen molar-refractivity contribution in [1.29, 1.82) is 0 Å². The summed E-state index contributed by atoms with van der Waals surface area (Å²) in [6.07, 6.45) is 5.52. The van der Waals surface area contributed by atoms with Crippen molar-refractivity contribution in [1.82, 2.24) is 4.72 Å². The number of rotatable bonds is 0. The van der Waals surface area contributed by atoms with E-state index in [-0.39, 0.29) is 17.5 Å². The number of nitrogens with one attached hydrogen (secondary N) is 1. The number of fused-ring (bicyclic) bond motifs is 4. The zero-order valence-corrected chi connectivity index (χ0v) is 22.0. The highest BCUT2D eigenvalue weighted by Gasteiger charge is 2.43. The van der Waals surface area contributed by atoms with Gasteiger partial charge in [-0.2, -0.15) is 0 Å². The lowest BCUT2D eigenvalue weighted by atomic mass is 9.05. The monoisotopic (exact) mass is 520 g/mol. The average molecular weight is 520 g/mol. The van der Waals surface area contributed by atoms with Gasteiger partial charge in [-0.25, -0.2) is 8.42 Å². The van der Waals surface area contributed by atoms with Gasteiger partial charge < -0.3 is 9.64 Å². The van der Waals surface area contributed by atoms with Crippen molar-refractivity contribution in [2.75, 3.05) is 24.6 Å². The third-order valence-electron chi connectivity index (χ3n) is 8.83. The second kappa shape index (κ2) is 9.39. The van der Waals surface area contributed by atoms with Crippen molar-refractivity contribution in [3.63, 3.8) is 0 Å². The molecule has 1 amide bonds. The van der Waals surface area contributed by atoms with E-state index >= 15 is 0 Å². The third-order valence-corrected chi connectivity index (χ3v) is 10.4. The van der Waals surface area contributed by atoms with Gasteiger partial charge in [0.1, 0.15) is 5.75 Å². The number of anilines is 1. The molecular formula is C24H29B4ClN2O4S. The highest BCUT2D eigenvalue weighted by atomic mass is 35.5. The average Bonchev–Trinajstić information content (AvgIpc) is 2.98. The highest BCUT2D eigenvalue weighted by Crippen LogP contribution is 2.47. The molecule has 1 saturated carbocycles. The van der Waals surface area contributed by atoms with Crippen LogP contribution < -0.4 is 14.4 Å². The molecule has 6 rings (SSSR count). The molecule has 184 valence electrons. The lowest BCUT2D eigenvalue weighted by molar-refractivity contribution is 0.204. The molecule has 0 aromatic heterocycles. The fourth-order valence-electron chi connectivity index (χ4n) is 6.75. The summed E-state index contributed by atoms with van der Waals surface area (Å²) in [7, 11) is -0.951. The fraction of sp³-hybridized carbons (Fsp3) is 0.458. The largest absolute Gasteiger partial charge is 0.490 e. The van der Waals surface area contributed by atoms with E-state index in [1.54, 1.807) is 18.2 Å². The van der Waals surface area contributed by atoms with Crippen LogP contribution in [0.3, 0.4) is 0 Å². The Bertz CT molecular complexity index is 1310. The summed E-state index contributed by atoms with van der Waals surface area (Å²) in [5, 5.41) is 0.760. The minimum absolute atomic E-state index is 0.109. The van der Waals surface area contributed by atoms with Crippen LogP contribution in [-0.2, 0) is 21.9 Å². The van der Waals surface area contributed by atoms with Crippen molar-refractivity contribution < 1.29 is 17.9 Å². The number of hydrogen-bond donors (Lipinski definition) is 1. The molecule has 1 N–H and O–H groups in total. The topological polar surface area (TPSA) is 75.7 Å². The second-order valence-electron chi connectivity index (χ2n) is 11.1. The number of benzene rings is 2. The maximum atomic E-state index is 13.1. The van der Waals surface area contributed by atoms with E-state index in [1.807, 2.05) is 6.07 Å². The number of hydrogen-bond acceptors (Lipinski definition) is 5. The van der Waals surface area contributed by atoms with Crippen molar-refractivity contribution in [2.45, 2.75) is 48.2 Å². The Labute approximate surface area is 220 Å². The van der Waals surface area contributed by atoms with Crippen LogP contribution >= 0.6 is 11.6 Å². The molecule has 2 aliphatic heterocycles. The lowest BCUT2D eigenvalue weighted by Gasteiger charge is -2.44. The molecule has 1 spiro atoms. The van der Waals surface area contributed by atoms with E-state index in [0.29, 0.717) is 24.1 Å². The molecule has 2 aromatic rings. The Morgan fingerprint density at radius 1 is 1.14 bits per heavy atom. The van der Waals surface area contributed by atoms with Crippen LogP contribution in [0.1, 0.15) is 36.8 Å². The summed E-state index contributed by atoms with van der Waals surface area (Å²) in [6.45, 7) is 2.21. The smallest absolute Gasteiger partial charge is 0.263 e.